The van der Waals surface area contributed by atoms with Gasteiger partial charge in [-0.1, -0.05) is 66.7 Å². The van der Waals surface area contributed by atoms with Gasteiger partial charge in [-0.2, -0.15) is 0 Å². The maximum absolute atomic E-state index is 12.0. The zero-order valence-corrected chi connectivity index (χ0v) is 13.1. The molecule has 0 aliphatic rings. The van der Waals surface area contributed by atoms with E-state index in [4.69, 9.17) is 4.74 Å². The Kier molecular flexibility index (Phi) is 6.14. The summed E-state index contributed by atoms with van der Waals surface area (Å²) in [5.74, 6) is -1.71. The van der Waals surface area contributed by atoms with Crippen molar-refractivity contribution in [3.05, 3.63) is 84.4 Å². The van der Waals surface area contributed by atoms with E-state index >= 15 is 0 Å². The van der Waals surface area contributed by atoms with E-state index in [-0.39, 0.29) is 6.61 Å². The van der Waals surface area contributed by atoms with Gasteiger partial charge in [0.2, 0.25) is 0 Å². The van der Waals surface area contributed by atoms with Crippen molar-refractivity contribution >= 4 is 12.1 Å². The van der Waals surface area contributed by atoms with Gasteiger partial charge in [0.1, 0.15) is 12.6 Å². The molecule has 0 aliphatic heterocycles. The van der Waals surface area contributed by atoms with Gasteiger partial charge >= 0.3 is 12.1 Å². The van der Waals surface area contributed by atoms with Crippen LogP contribution in [0.5, 0.6) is 0 Å². The minimum Gasteiger partial charge on any atom is -0.480 e. The summed E-state index contributed by atoms with van der Waals surface area (Å²) in [4.78, 5) is 23.5. The molecule has 124 valence electrons. The molecule has 0 spiro atoms. The number of rotatable bonds is 7. The Hall–Kier alpha value is -3.08. The van der Waals surface area contributed by atoms with E-state index < -0.39 is 24.0 Å². The SMILES string of the molecule is C=C[C@H](c1ccccc1)[C@@H](NC(=O)OCc1ccccc1)C(=O)O. The summed E-state index contributed by atoms with van der Waals surface area (Å²) < 4.78 is 5.09. The van der Waals surface area contributed by atoms with E-state index in [9.17, 15) is 14.7 Å². The minimum absolute atomic E-state index is 0.0725. The van der Waals surface area contributed by atoms with Crippen LogP contribution in [0.4, 0.5) is 4.79 Å². The number of carbonyl (C=O) groups excluding carboxylic acids is 1. The monoisotopic (exact) mass is 325 g/mol. The molecule has 0 heterocycles. The molecule has 0 aliphatic carbocycles. The highest BCUT2D eigenvalue weighted by Crippen LogP contribution is 2.21. The molecule has 0 aromatic heterocycles. The topological polar surface area (TPSA) is 75.6 Å². The predicted octanol–water partition coefficient (Wildman–Crippen LogP) is 3.34. The number of aliphatic carboxylic acids is 1. The van der Waals surface area contributed by atoms with Crippen LogP contribution in [0.2, 0.25) is 0 Å². The van der Waals surface area contributed by atoms with Crippen LogP contribution in [0, 0.1) is 0 Å². The Morgan fingerprint density at radius 1 is 1.08 bits per heavy atom. The molecule has 5 heteroatoms. The van der Waals surface area contributed by atoms with Gasteiger partial charge in [-0.3, -0.25) is 0 Å². The van der Waals surface area contributed by atoms with Crippen molar-refractivity contribution in [3.63, 3.8) is 0 Å². The molecule has 2 atom stereocenters. The van der Waals surface area contributed by atoms with E-state index in [0.717, 1.165) is 11.1 Å². The number of ether oxygens (including phenoxy) is 1. The first-order valence-electron chi connectivity index (χ1n) is 7.49. The Morgan fingerprint density at radius 3 is 2.21 bits per heavy atom. The fourth-order valence-electron chi connectivity index (χ4n) is 2.34. The summed E-state index contributed by atoms with van der Waals surface area (Å²) in [6.45, 7) is 3.76. The van der Waals surface area contributed by atoms with E-state index in [1.165, 1.54) is 6.08 Å². The van der Waals surface area contributed by atoms with E-state index in [0.29, 0.717) is 0 Å². The van der Waals surface area contributed by atoms with Crippen LogP contribution in [0.1, 0.15) is 17.0 Å². The van der Waals surface area contributed by atoms with Crippen LogP contribution in [-0.2, 0) is 16.1 Å². The smallest absolute Gasteiger partial charge is 0.408 e. The van der Waals surface area contributed by atoms with Crippen LogP contribution in [0.15, 0.2) is 73.3 Å². The third-order valence-electron chi connectivity index (χ3n) is 3.55. The number of alkyl carbamates (subject to hydrolysis) is 1. The second kappa shape index (κ2) is 8.53. The van der Waals surface area contributed by atoms with Crippen LogP contribution in [0.25, 0.3) is 0 Å². The fourth-order valence-corrected chi connectivity index (χ4v) is 2.34. The average molecular weight is 325 g/mol. The van der Waals surface area contributed by atoms with Gasteiger partial charge in [0.15, 0.2) is 0 Å². The molecule has 0 fully saturated rings. The van der Waals surface area contributed by atoms with Gasteiger partial charge < -0.3 is 15.2 Å². The van der Waals surface area contributed by atoms with Crippen molar-refractivity contribution in [2.45, 2.75) is 18.6 Å². The molecule has 0 unspecified atom stereocenters. The first-order valence-corrected chi connectivity index (χ1v) is 7.49. The normalized spacial score (nSPS) is 12.7. The van der Waals surface area contributed by atoms with Crippen molar-refractivity contribution in [1.29, 1.82) is 0 Å². The largest absolute Gasteiger partial charge is 0.480 e. The number of carboxylic acid groups (broad SMARTS) is 1. The van der Waals surface area contributed by atoms with Crippen molar-refractivity contribution in [2.75, 3.05) is 0 Å². The highest BCUT2D eigenvalue weighted by Gasteiger charge is 2.29. The number of benzene rings is 2. The second-order valence-corrected chi connectivity index (χ2v) is 5.19. The number of hydrogen-bond acceptors (Lipinski definition) is 3. The Labute approximate surface area is 140 Å². The molecule has 2 N–H and O–H groups in total. The van der Waals surface area contributed by atoms with Crippen LogP contribution < -0.4 is 5.32 Å². The summed E-state index contributed by atoms with van der Waals surface area (Å²) in [5, 5.41) is 11.9. The molecular formula is C19H19NO4. The third kappa shape index (κ3) is 4.71. The molecule has 0 radical (unpaired) electrons. The lowest BCUT2D eigenvalue weighted by Gasteiger charge is -2.22. The molecule has 24 heavy (non-hydrogen) atoms. The van der Waals surface area contributed by atoms with Crippen LogP contribution in [0.3, 0.4) is 0 Å². The van der Waals surface area contributed by atoms with Gasteiger partial charge in [0.05, 0.1) is 0 Å². The summed E-state index contributed by atoms with van der Waals surface area (Å²) in [5.41, 5.74) is 1.58. The zero-order chi connectivity index (χ0) is 17.4. The van der Waals surface area contributed by atoms with E-state index in [2.05, 4.69) is 11.9 Å². The molecule has 0 bridgehead atoms. The fraction of sp³-hybridized carbons (Fsp3) is 0.158. The lowest BCUT2D eigenvalue weighted by Crippen LogP contribution is -2.44. The zero-order valence-electron chi connectivity index (χ0n) is 13.1. The summed E-state index contributed by atoms with van der Waals surface area (Å²) in [6, 6.07) is 17.0. The molecule has 1 amide bonds. The van der Waals surface area contributed by atoms with E-state index in [1.807, 2.05) is 36.4 Å². The summed E-state index contributed by atoms with van der Waals surface area (Å²) >= 11 is 0. The van der Waals surface area contributed by atoms with Gasteiger partial charge in [-0.15, -0.1) is 6.58 Å². The van der Waals surface area contributed by atoms with Gasteiger partial charge in [-0.25, -0.2) is 9.59 Å². The standard InChI is InChI=1S/C19H19NO4/c1-2-16(15-11-7-4-8-12-15)17(18(21)22)20-19(23)24-13-14-9-5-3-6-10-14/h2-12,16-17H,1,13H2,(H,20,23)(H,21,22)/t16-,17-/m1/s1. The van der Waals surface area contributed by atoms with Crippen LogP contribution >= 0.6 is 0 Å². The molecule has 2 aromatic carbocycles. The Bertz CT molecular complexity index is 685. The predicted molar refractivity (Wildman–Crippen MR) is 90.6 cm³/mol. The number of amides is 1. The second-order valence-electron chi connectivity index (χ2n) is 5.19. The van der Waals surface area contributed by atoms with Crippen LogP contribution in [-0.4, -0.2) is 23.2 Å². The van der Waals surface area contributed by atoms with Crippen molar-refractivity contribution in [3.8, 4) is 0 Å². The number of carboxylic acids is 1. The van der Waals surface area contributed by atoms with Gasteiger partial charge in [-0.05, 0) is 11.1 Å². The molecule has 5 nitrogen and oxygen atoms in total. The molecule has 0 saturated heterocycles. The van der Waals surface area contributed by atoms with Gasteiger partial charge in [0, 0.05) is 5.92 Å². The quantitative estimate of drug-likeness (QED) is 0.766. The lowest BCUT2D eigenvalue weighted by atomic mass is 9.91. The summed E-state index contributed by atoms with van der Waals surface area (Å²) in [6.07, 6.45) is 0.722. The number of carbonyl (C=O) groups is 2. The number of nitrogens with one attached hydrogen (secondary N) is 1. The first kappa shape index (κ1) is 17.3. The molecule has 2 rings (SSSR count). The Morgan fingerprint density at radius 2 is 1.67 bits per heavy atom. The van der Waals surface area contributed by atoms with Crippen molar-refractivity contribution < 1.29 is 19.4 Å². The average Bonchev–Trinajstić information content (AvgIpc) is 2.61. The number of hydrogen-bond donors (Lipinski definition) is 2. The molecule has 0 saturated carbocycles. The maximum Gasteiger partial charge on any atom is 0.408 e. The lowest BCUT2D eigenvalue weighted by molar-refractivity contribution is -0.139. The third-order valence-corrected chi connectivity index (χ3v) is 3.55. The highest BCUT2D eigenvalue weighted by molar-refractivity contribution is 5.81. The summed E-state index contributed by atoms with van der Waals surface area (Å²) in [7, 11) is 0. The molecular weight excluding hydrogens is 306 g/mol. The molecule has 2 aromatic rings. The minimum atomic E-state index is -1.16. The van der Waals surface area contributed by atoms with Crippen molar-refractivity contribution in [2.24, 2.45) is 0 Å². The van der Waals surface area contributed by atoms with E-state index in [1.54, 1.807) is 24.3 Å². The maximum atomic E-state index is 12.0. The van der Waals surface area contributed by atoms with Crippen molar-refractivity contribution in [1.82, 2.24) is 5.32 Å². The first-order chi connectivity index (χ1) is 11.6. The van der Waals surface area contributed by atoms with Gasteiger partial charge in [0.25, 0.3) is 0 Å². The Balaban J connectivity index is 2.03. The highest BCUT2D eigenvalue weighted by atomic mass is 16.5.